The zero-order valence-electron chi connectivity index (χ0n) is 11.8. The lowest BCUT2D eigenvalue weighted by Gasteiger charge is -2.07. The Bertz CT molecular complexity index is 676. The number of halogens is 1. The van der Waals surface area contributed by atoms with Crippen molar-refractivity contribution < 1.29 is 17.9 Å². The van der Waals surface area contributed by atoms with Crippen LogP contribution in [0.4, 0.5) is 4.39 Å². The van der Waals surface area contributed by atoms with Crippen molar-refractivity contribution in [1.29, 1.82) is 0 Å². The minimum absolute atomic E-state index is 0.0640. The van der Waals surface area contributed by atoms with Crippen molar-refractivity contribution in [3.63, 3.8) is 0 Å². The molecule has 4 nitrogen and oxygen atoms in total. The largest absolute Gasteiger partial charge is 0.395 e. The molecule has 1 saturated carbocycles. The average Bonchev–Trinajstić information content (AvgIpc) is 3.13. The molecule has 1 aliphatic carbocycles. The molecule has 0 amide bonds. The monoisotopic (exact) mass is 311 g/mol. The second kappa shape index (κ2) is 6.56. The van der Waals surface area contributed by atoms with Gasteiger partial charge in [0, 0.05) is 18.5 Å². The second-order valence-electron chi connectivity index (χ2n) is 5.25. The fourth-order valence-electron chi connectivity index (χ4n) is 1.99. The van der Waals surface area contributed by atoms with E-state index in [0.29, 0.717) is 30.4 Å². The third-order valence-corrected chi connectivity index (χ3v) is 4.96. The summed E-state index contributed by atoms with van der Waals surface area (Å²) < 4.78 is 40.5. The zero-order valence-corrected chi connectivity index (χ0v) is 12.6. The molecular weight excluding hydrogens is 293 g/mol. The van der Waals surface area contributed by atoms with Gasteiger partial charge >= 0.3 is 0 Å². The molecular formula is C15H18FNO3S. The predicted molar refractivity (Wildman–Crippen MR) is 77.4 cm³/mol. The van der Waals surface area contributed by atoms with E-state index in [9.17, 15) is 12.8 Å². The highest BCUT2D eigenvalue weighted by molar-refractivity contribution is 7.89. The van der Waals surface area contributed by atoms with E-state index in [2.05, 4.69) is 23.5 Å². The minimum atomic E-state index is -3.82. The van der Waals surface area contributed by atoms with Gasteiger partial charge in [0.15, 0.2) is 0 Å². The molecule has 2 N–H and O–H groups in total. The van der Waals surface area contributed by atoms with E-state index in [4.69, 9.17) is 5.11 Å². The van der Waals surface area contributed by atoms with E-state index in [1.54, 1.807) is 0 Å². The van der Waals surface area contributed by atoms with Gasteiger partial charge in [-0.2, -0.15) is 0 Å². The first-order valence-corrected chi connectivity index (χ1v) is 8.31. The van der Waals surface area contributed by atoms with Crippen molar-refractivity contribution >= 4 is 10.0 Å². The molecule has 2 unspecified atom stereocenters. The lowest BCUT2D eigenvalue weighted by molar-refractivity contribution is 0.305. The summed E-state index contributed by atoms with van der Waals surface area (Å²) in [5.41, 5.74) is 0.385. The first-order chi connectivity index (χ1) is 9.94. The summed E-state index contributed by atoms with van der Waals surface area (Å²) >= 11 is 0. The number of rotatable bonds is 5. The van der Waals surface area contributed by atoms with E-state index < -0.39 is 15.8 Å². The Balaban J connectivity index is 2.10. The summed E-state index contributed by atoms with van der Waals surface area (Å²) in [6.07, 6.45) is 1.30. The summed E-state index contributed by atoms with van der Waals surface area (Å²) in [5, 5.41) is 8.61. The fourth-order valence-corrected chi connectivity index (χ4v) is 3.15. The van der Waals surface area contributed by atoms with E-state index in [-0.39, 0.29) is 11.5 Å². The van der Waals surface area contributed by atoms with Crippen LogP contribution in [0.5, 0.6) is 0 Å². The molecule has 0 saturated heterocycles. The Kier molecular flexibility index (Phi) is 4.99. The van der Waals surface area contributed by atoms with Crippen molar-refractivity contribution in [2.24, 2.45) is 11.8 Å². The number of aliphatic hydroxyl groups excluding tert-OH is 1. The smallest absolute Gasteiger partial charge is 0.243 e. The van der Waals surface area contributed by atoms with Gasteiger partial charge in [-0.15, -0.1) is 0 Å². The van der Waals surface area contributed by atoms with Crippen LogP contribution in [0.15, 0.2) is 23.1 Å². The van der Waals surface area contributed by atoms with Crippen LogP contribution in [-0.4, -0.2) is 26.7 Å². The summed E-state index contributed by atoms with van der Waals surface area (Å²) in [5.74, 6) is 5.39. The number of aliphatic hydroxyl groups is 1. The van der Waals surface area contributed by atoms with Crippen LogP contribution in [0.1, 0.15) is 25.3 Å². The Hall–Kier alpha value is -1.42. The summed E-state index contributed by atoms with van der Waals surface area (Å²) in [6, 6.07) is 3.78. The highest BCUT2D eigenvalue weighted by Crippen LogP contribution is 2.37. The highest BCUT2D eigenvalue weighted by Gasteiger charge is 2.33. The molecule has 1 aliphatic rings. The summed E-state index contributed by atoms with van der Waals surface area (Å²) in [6.45, 7) is 2.34. The van der Waals surface area contributed by atoms with Crippen LogP contribution in [0, 0.1) is 29.5 Å². The molecule has 2 atom stereocenters. The lowest BCUT2D eigenvalue weighted by Crippen LogP contribution is -2.27. The molecule has 0 heterocycles. The first-order valence-electron chi connectivity index (χ1n) is 6.83. The molecule has 1 fully saturated rings. The van der Waals surface area contributed by atoms with E-state index >= 15 is 0 Å². The molecule has 6 heteroatoms. The second-order valence-corrected chi connectivity index (χ2v) is 6.98. The van der Waals surface area contributed by atoms with Crippen molar-refractivity contribution in [3.8, 4) is 11.8 Å². The van der Waals surface area contributed by atoms with Gasteiger partial charge in [-0.25, -0.2) is 17.5 Å². The Morgan fingerprint density at radius 2 is 2.19 bits per heavy atom. The molecule has 1 aromatic carbocycles. The number of benzene rings is 1. The standard InChI is InChI=1S/C15H18FNO3S/c1-11-8-13(11)10-17-21(19,20)15-6-5-12(9-14(15)16)4-2-3-7-18/h5-6,9,11,13,17-18H,3,7-8,10H2,1H3. The molecule has 0 aromatic heterocycles. The van der Waals surface area contributed by atoms with Gasteiger partial charge in [0.25, 0.3) is 0 Å². The Morgan fingerprint density at radius 3 is 2.76 bits per heavy atom. The normalized spacial score (nSPS) is 20.7. The van der Waals surface area contributed by atoms with Gasteiger partial charge in [-0.3, -0.25) is 0 Å². The SMILES string of the molecule is CC1CC1CNS(=O)(=O)c1ccc(C#CCCO)cc1F. The van der Waals surface area contributed by atoms with E-state index in [1.807, 2.05) is 0 Å². The molecule has 0 spiro atoms. The van der Waals surface area contributed by atoms with Gasteiger partial charge in [0.2, 0.25) is 10.0 Å². The van der Waals surface area contributed by atoms with E-state index in [1.165, 1.54) is 12.1 Å². The molecule has 0 aliphatic heterocycles. The summed E-state index contributed by atoms with van der Waals surface area (Å²) in [4.78, 5) is -0.358. The van der Waals surface area contributed by atoms with Crippen LogP contribution in [-0.2, 0) is 10.0 Å². The van der Waals surface area contributed by atoms with Crippen molar-refractivity contribution in [1.82, 2.24) is 4.72 Å². The molecule has 2 rings (SSSR count). The molecule has 0 bridgehead atoms. The van der Waals surface area contributed by atoms with Crippen LogP contribution >= 0.6 is 0 Å². The summed E-state index contributed by atoms with van der Waals surface area (Å²) in [7, 11) is -3.82. The quantitative estimate of drug-likeness (QED) is 0.810. The topological polar surface area (TPSA) is 66.4 Å². The Morgan fingerprint density at radius 1 is 1.48 bits per heavy atom. The molecule has 0 radical (unpaired) electrons. The third-order valence-electron chi connectivity index (χ3n) is 3.50. The van der Waals surface area contributed by atoms with Crippen molar-refractivity contribution in [2.45, 2.75) is 24.7 Å². The molecule has 21 heavy (non-hydrogen) atoms. The minimum Gasteiger partial charge on any atom is -0.395 e. The highest BCUT2D eigenvalue weighted by atomic mass is 32.2. The molecule has 114 valence electrons. The maximum absolute atomic E-state index is 13.9. The molecule has 1 aromatic rings. The zero-order chi connectivity index (χ0) is 15.5. The third kappa shape index (κ3) is 4.27. The number of sulfonamides is 1. The fraction of sp³-hybridized carbons (Fsp3) is 0.467. The number of nitrogens with one attached hydrogen (secondary N) is 1. The van der Waals surface area contributed by atoms with Crippen molar-refractivity contribution in [3.05, 3.63) is 29.6 Å². The predicted octanol–water partition coefficient (Wildman–Crippen LogP) is 1.49. The van der Waals surface area contributed by atoms with Crippen LogP contribution in [0.25, 0.3) is 0 Å². The number of hydrogen-bond acceptors (Lipinski definition) is 3. The van der Waals surface area contributed by atoms with Gasteiger partial charge in [-0.1, -0.05) is 18.8 Å². The van der Waals surface area contributed by atoms with Crippen LogP contribution < -0.4 is 4.72 Å². The number of hydrogen-bond donors (Lipinski definition) is 2. The van der Waals surface area contributed by atoms with Gasteiger partial charge < -0.3 is 5.11 Å². The van der Waals surface area contributed by atoms with E-state index in [0.717, 1.165) is 12.5 Å². The Labute approximate surface area is 124 Å². The average molecular weight is 311 g/mol. The lowest BCUT2D eigenvalue weighted by atomic mass is 10.2. The maximum atomic E-state index is 13.9. The van der Waals surface area contributed by atoms with Gasteiger partial charge in [-0.05, 0) is 36.5 Å². The first kappa shape index (κ1) is 16.0. The maximum Gasteiger partial charge on any atom is 0.243 e. The van der Waals surface area contributed by atoms with Gasteiger partial charge in [0.1, 0.15) is 10.7 Å². The van der Waals surface area contributed by atoms with Crippen LogP contribution in [0.2, 0.25) is 0 Å². The van der Waals surface area contributed by atoms with Crippen LogP contribution in [0.3, 0.4) is 0 Å². The van der Waals surface area contributed by atoms with Crippen molar-refractivity contribution in [2.75, 3.05) is 13.2 Å². The van der Waals surface area contributed by atoms with Gasteiger partial charge in [0.05, 0.1) is 6.61 Å².